The number of hydrogen-bond acceptors (Lipinski definition) is 7. The normalized spacial score (nSPS) is 13.9. The quantitative estimate of drug-likeness (QED) is 0.173. The van der Waals surface area contributed by atoms with E-state index in [1.54, 1.807) is 18.4 Å². The summed E-state index contributed by atoms with van der Waals surface area (Å²) in [5.41, 5.74) is -4.09. The minimum Gasteiger partial charge on any atom is -0.303 e. The molecule has 2 aromatic carbocycles. The van der Waals surface area contributed by atoms with Gasteiger partial charge in [-0.25, -0.2) is 0 Å². The first-order chi connectivity index (χ1) is 15.1. The molecule has 0 radical (unpaired) electrons. The van der Waals surface area contributed by atoms with E-state index < -0.39 is 18.8 Å². The van der Waals surface area contributed by atoms with E-state index in [1.807, 2.05) is 13.8 Å². The van der Waals surface area contributed by atoms with E-state index in [0.717, 1.165) is 11.8 Å². The second kappa shape index (κ2) is 12.3. The zero-order valence-corrected chi connectivity index (χ0v) is 20.7. The molecule has 10 heteroatoms. The molecular weight excluding hydrogens is 477 g/mol. The molecule has 0 aliphatic carbocycles. The van der Waals surface area contributed by atoms with Gasteiger partial charge in [-0.05, 0) is 35.1 Å². The Balaban J connectivity index is 2.24. The molecule has 1 unspecified atom stereocenters. The molecule has 0 saturated heterocycles. The van der Waals surface area contributed by atoms with Crippen LogP contribution in [-0.4, -0.2) is 42.4 Å². The molecule has 0 aliphatic heterocycles. The first-order valence-electron chi connectivity index (χ1n) is 10.0. The van der Waals surface area contributed by atoms with Crippen molar-refractivity contribution in [1.29, 1.82) is 0 Å². The zero-order chi connectivity index (χ0) is 23.8. The number of hydrogen-bond donors (Lipinski definition) is 0. The Morgan fingerprint density at radius 2 is 1.75 bits per heavy atom. The van der Waals surface area contributed by atoms with Crippen LogP contribution in [0.2, 0.25) is 0 Å². The van der Waals surface area contributed by atoms with Gasteiger partial charge in [-0.1, -0.05) is 49.9 Å². The van der Waals surface area contributed by atoms with Crippen molar-refractivity contribution in [3.8, 4) is 0 Å². The van der Waals surface area contributed by atoms with Gasteiger partial charge in [0.2, 0.25) is 0 Å². The number of halogens is 2. The van der Waals surface area contributed by atoms with Crippen molar-refractivity contribution in [3.63, 3.8) is 0 Å². The maximum Gasteiger partial charge on any atom is 0.404 e. The molecule has 0 saturated carbocycles. The van der Waals surface area contributed by atoms with Crippen molar-refractivity contribution in [2.24, 2.45) is 5.92 Å². The highest BCUT2D eigenvalue weighted by atomic mass is 32.2. The van der Waals surface area contributed by atoms with Crippen LogP contribution in [0.3, 0.4) is 0 Å². The molecule has 0 fully saturated rings. The lowest BCUT2D eigenvalue weighted by molar-refractivity contribution is -0.111. The summed E-state index contributed by atoms with van der Waals surface area (Å²) in [6, 6.07) is 8.57. The Morgan fingerprint density at radius 3 is 2.38 bits per heavy atom. The van der Waals surface area contributed by atoms with E-state index in [0.29, 0.717) is 34.8 Å². The fourth-order valence-corrected chi connectivity index (χ4v) is 5.69. The average Bonchev–Trinajstić information content (AvgIpc) is 2.75. The Hall–Kier alpha value is -1.25. The fraction of sp³-hybridized carbons (Fsp3) is 0.455. The summed E-state index contributed by atoms with van der Waals surface area (Å²) >= 11 is 2.33. The summed E-state index contributed by atoms with van der Waals surface area (Å²) < 4.78 is 54.4. The molecule has 2 aromatic rings. The Bertz CT molecular complexity index is 984. The van der Waals surface area contributed by atoms with Gasteiger partial charge in [-0.2, -0.15) is 20.5 Å². The van der Waals surface area contributed by atoms with Gasteiger partial charge in [0.05, 0.1) is 13.2 Å². The first-order valence-corrected chi connectivity index (χ1v) is 14.0. The highest BCUT2D eigenvalue weighted by Crippen LogP contribution is 2.67. The van der Waals surface area contributed by atoms with Crippen LogP contribution in [0, 0.1) is 5.92 Å². The van der Waals surface area contributed by atoms with Crippen molar-refractivity contribution in [1.82, 2.24) is 0 Å². The topological polar surface area (TPSA) is 69.7 Å². The van der Waals surface area contributed by atoms with E-state index in [1.165, 1.54) is 36.0 Å². The van der Waals surface area contributed by atoms with E-state index in [2.05, 4.69) is 0 Å². The number of thioether (sulfide) groups is 2. The van der Waals surface area contributed by atoms with Gasteiger partial charge < -0.3 is 9.05 Å². The molecule has 2 rings (SSSR count). The predicted molar refractivity (Wildman–Crippen MR) is 128 cm³/mol. The summed E-state index contributed by atoms with van der Waals surface area (Å²) in [4.78, 5) is 22.8. The van der Waals surface area contributed by atoms with E-state index >= 15 is 8.78 Å². The molecule has 0 aliphatic rings. The number of aldehydes is 1. The molecule has 0 N–H and O–H groups in total. The van der Waals surface area contributed by atoms with Gasteiger partial charge in [0, 0.05) is 29.1 Å². The number of carbonyl (C=O) groups is 2. The third-order valence-electron chi connectivity index (χ3n) is 4.42. The van der Waals surface area contributed by atoms with Crippen molar-refractivity contribution in [2.45, 2.75) is 25.9 Å². The van der Waals surface area contributed by atoms with Gasteiger partial charge in [0.15, 0.2) is 5.12 Å². The van der Waals surface area contributed by atoms with Crippen molar-refractivity contribution in [3.05, 3.63) is 47.5 Å². The van der Waals surface area contributed by atoms with E-state index in [9.17, 15) is 14.2 Å². The van der Waals surface area contributed by atoms with Gasteiger partial charge >= 0.3 is 13.3 Å². The van der Waals surface area contributed by atoms with Crippen LogP contribution in [0.25, 0.3) is 10.8 Å². The standard InChI is InChI=1S/C22H27F2O5PS2/c1-16(2)12-21(26)32-11-9-29-30(27,28-8-10-31-3)22(23,24)20-7-6-18-5-4-17(15-25)13-19(18)14-20/h4-7,13-16H,8-12H2,1-3H3. The maximum absolute atomic E-state index is 15.4. The number of rotatable bonds is 13. The first kappa shape index (κ1) is 27.0. The lowest BCUT2D eigenvalue weighted by Gasteiger charge is -2.27. The smallest absolute Gasteiger partial charge is 0.303 e. The lowest BCUT2D eigenvalue weighted by atomic mass is 10.0. The molecule has 0 bridgehead atoms. The second-order valence-electron chi connectivity index (χ2n) is 7.46. The van der Waals surface area contributed by atoms with Crippen LogP contribution >= 0.6 is 31.1 Å². The van der Waals surface area contributed by atoms with E-state index in [-0.39, 0.29) is 30.0 Å². The number of alkyl halides is 2. The SMILES string of the molecule is CSCCOP(=O)(OCCSC(=O)CC(C)C)C(F)(F)c1ccc2ccc(C=O)cc2c1. The van der Waals surface area contributed by atoms with Crippen LogP contribution < -0.4 is 0 Å². The summed E-state index contributed by atoms with van der Waals surface area (Å²) in [6.45, 7) is 3.33. The van der Waals surface area contributed by atoms with Crippen molar-refractivity contribution >= 4 is 53.3 Å². The molecule has 0 aromatic heterocycles. The largest absolute Gasteiger partial charge is 0.404 e. The van der Waals surface area contributed by atoms with Crippen molar-refractivity contribution in [2.75, 3.05) is 31.0 Å². The lowest BCUT2D eigenvalue weighted by Crippen LogP contribution is -2.20. The summed E-state index contributed by atoms with van der Waals surface area (Å²) in [6.07, 6.45) is 2.77. The van der Waals surface area contributed by atoms with Crippen LogP contribution in [0.5, 0.6) is 0 Å². The van der Waals surface area contributed by atoms with Crippen LogP contribution in [0.1, 0.15) is 36.2 Å². The predicted octanol–water partition coefficient (Wildman–Crippen LogP) is 6.60. The molecule has 1 atom stereocenters. The van der Waals surface area contributed by atoms with Crippen LogP contribution in [0.15, 0.2) is 36.4 Å². The van der Waals surface area contributed by atoms with Crippen molar-refractivity contribution < 1.29 is 32.0 Å². The zero-order valence-electron chi connectivity index (χ0n) is 18.2. The molecule has 0 spiro atoms. The van der Waals surface area contributed by atoms with Gasteiger partial charge in [-0.15, -0.1) is 0 Å². The average molecular weight is 505 g/mol. The highest BCUT2D eigenvalue weighted by molar-refractivity contribution is 8.13. The second-order valence-corrected chi connectivity index (χ2v) is 11.7. The molecule has 5 nitrogen and oxygen atoms in total. The molecule has 32 heavy (non-hydrogen) atoms. The summed E-state index contributed by atoms with van der Waals surface area (Å²) in [7, 11) is -4.90. The molecule has 176 valence electrons. The third kappa shape index (κ3) is 7.12. The Labute approximate surface area is 195 Å². The summed E-state index contributed by atoms with van der Waals surface area (Å²) in [5.74, 6) is 0.650. The van der Waals surface area contributed by atoms with Crippen LogP contribution in [0.4, 0.5) is 8.78 Å². The Morgan fingerprint density at radius 1 is 1.09 bits per heavy atom. The highest BCUT2D eigenvalue weighted by Gasteiger charge is 2.55. The van der Waals surface area contributed by atoms with Gasteiger partial charge in [-0.3, -0.25) is 14.2 Å². The van der Waals surface area contributed by atoms with Gasteiger partial charge in [0.1, 0.15) is 6.29 Å². The van der Waals surface area contributed by atoms with Gasteiger partial charge in [0.25, 0.3) is 0 Å². The third-order valence-corrected chi connectivity index (χ3v) is 7.85. The van der Waals surface area contributed by atoms with Crippen LogP contribution in [-0.2, 0) is 24.1 Å². The number of fused-ring (bicyclic) bond motifs is 1. The summed E-state index contributed by atoms with van der Waals surface area (Å²) in [5, 5.41) is 1.00. The Kier molecular flexibility index (Phi) is 10.4. The molecule has 0 heterocycles. The maximum atomic E-state index is 15.4. The molecular formula is C22H27F2O5PS2. The number of carbonyl (C=O) groups excluding carboxylic acids is 2. The molecule has 0 amide bonds. The fourth-order valence-electron chi connectivity index (χ4n) is 2.83. The minimum absolute atomic E-state index is 0.0750. The monoisotopic (exact) mass is 504 g/mol. The number of benzene rings is 2. The minimum atomic E-state index is -4.90. The van der Waals surface area contributed by atoms with E-state index in [4.69, 9.17) is 9.05 Å².